The van der Waals surface area contributed by atoms with E-state index >= 15 is 0 Å². The third kappa shape index (κ3) is 6.39. The van der Waals surface area contributed by atoms with Crippen LogP contribution in [0.5, 0.6) is 0 Å². The normalized spacial score (nSPS) is 13.1. The van der Waals surface area contributed by atoms with Crippen LogP contribution in [-0.2, 0) is 9.53 Å². The number of alkyl carbamates (subject to hydrolysis) is 1. The Labute approximate surface area is 151 Å². The van der Waals surface area contributed by atoms with Gasteiger partial charge in [-0.3, -0.25) is 4.79 Å². The number of carbonyl (C=O) groups excluding carboxylic acids is 2. The van der Waals surface area contributed by atoms with Crippen molar-refractivity contribution in [3.8, 4) is 0 Å². The van der Waals surface area contributed by atoms with E-state index in [4.69, 9.17) is 10.5 Å². The van der Waals surface area contributed by atoms with Crippen LogP contribution < -0.4 is 16.4 Å². The third-order valence-electron chi connectivity index (χ3n) is 3.06. The van der Waals surface area contributed by atoms with Gasteiger partial charge < -0.3 is 21.1 Å². The van der Waals surface area contributed by atoms with Crippen molar-refractivity contribution < 1.29 is 14.3 Å². The monoisotopic (exact) mass is 399 g/mol. The van der Waals surface area contributed by atoms with Crippen LogP contribution in [0.25, 0.3) is 0 Å². The molecule has 0 aliphatic rings. The lowest BCUT2D eigenvalue weighted by atomic mass is 9.86. The minimum Gasteiger partial charge on any atom is -0.444 e. The van der Waals surface area contributed by atoms with Crippen LogP contribution in [0.1, 0.15) is 41.5 Å². The molecule has 1 rings (SSSR count). The van der Waals surface area contributed by atoms with Crippen molar-refractivity contribution in [2.45, 2.75) is 53.2 Å². The van der Waals surface area contributed by atoms with Crippen molar-refractivity contribution in [3.05, 3.63) is 22.7 Å². The van der Waals surface area contributed by atoms with Gasteiger partial charge in [-0.25, -0.2) is 4.79 Å². The van der Waals surface area contributed by atoms with Crippen LogP contribution in [0.2, 0.25) is 0 Å². The first-order valence-corrected chi connectivity index (χ1v) is 8.44. The molecule has 0 fully saturated rings. The third-order valence-corrected chi connectivity index (χ3v) is 3.55. The smallest absolute Gasteiger partial charge is 0.408 e. The Kier molecular flexibility index (Phi) is 6.27. The molecule has 1 atom stereocenters. The van der Waals surface area contributed by atoms with Gasteiger partial charge in [-0.05, 0) is 44.4 Å². The van der Waals surface area contributed by atoms with Gasteiger partial charge in [0.2, 0.25) is 5.91 Å². The highest BCUT2D eigenvalue weighted by Crippen LogP contribution is 2.26. The molecule has 4 N–H and O–H groups in total. The van der Waals surface area contributed by atoms with Crippen molar-refractivity contribution in [1.82, 2.24) is 5.32 Å². The molecule has 0 aliphatic carbocycles. The van der Waals surface area contributed by atoms with Crippen molar-refractivity contribution in [1.29, 1.82) is 0 Å². The summed E-state index contributed by atoms with van der Waals surface area (Å²) in [5, 5.41) is 5.40. The molecule has 0 aromatic heterocycles. The maximum atomic E-state index is 12.6. The molecule has 0 heterocycles. The molecule has 0 saturated heterocycles. The van der Waals surface area contributed by atoms with E-state index < -0.39 is 23.2 Å². The molecule has 0 bridgehead atoms. The van der Waals surface area contributed by atoms with Gasteiger partial charge in [0.1, 0.15) is 11.6 Å². The number of hydrogen-bond acceptors (Lipinski definition) is 4. The Hall–Kier alpha value is -1.76. The van der Waals surface area contributed by atoms with Gasteiger partial charge in [0.05, 0.1) is 11.4 Å². The van der Waals surface area contributed by atoms with Gasteiger partial charge in [0.15, 0.2) is 0 Å². The number of ether oxygens (including phenoxy) is 1. The molecule has 0 saturated carbocycles. The second-order valence-electron chi connectivity index (χ2n) is 7.67. The fraction of sp³-hybridized carbons (Fsp3) is 0.529. The van der Waals surface area contributed by atoms with E-state index in [1.165, 1.54) is 0 Å². The molecule has 1 aromatic carbocycles. The number of anilines is 2. The summed E-state index contributed by atoms with van der Waals surface area (Å²) in [5.74, 6) is -0.359. The van der Waals surface area contributed by atoms with Gasteiger partial charge in [0, 0.05) is 4.47 Å². The summed E-state index contributed by atoms with van der Waals surface area (Å²) in [6.45, 7) is 10.9. The number of amides is 2. The summed E-state index contributed by atoms with van der Waals surface area (Å²) < 4.78 is 6.06. The van der Waals surface area contributed by atoms with E-state index in [0.717, 1.165) is 4.47 Å². The molecule has 0 spiro atoms. The number of benzene rings is 1. The van der Waals surface area contributed by atoms with Gasteiger partial charge >= 0.3 is 6.09 Å². The SMILES string of the molecule is CC(C)(C)OC(=O)NC(C(=O)Nc1ccc(Br)cc1N)C(C)(C)C. The minimum atomic E-state index is -0.782. The van der Waals surface area contributed by atoms with Crippen LogP contribution in [0.4, 0.5) is 16.2 Å². The number of carbonyl (C=O) groups is 2. The Balaban J connectivity index is 2.92. The number of hydrogen-bond donors (Lipinski definition) is 3. The zero-order valence-corrected chi connectivity index (χ0v) is 16.6. The number of nitrogens with one attached hydrogen (secondary N) is 2. The van der Waals surface area contributed by atoms with Gasteiger partial charge in [-0.15, -0.1) is 0 Å². The lowest BCUT2D eigenvalue weighted by molar-refractivity contribution is -0.120. The standard InChI is InChI=1S/C17H26BrN3O3/c1-16(2,3)13(21-15(23)24-17(4,5)6)14(22)20-12-8-7-10(18)9-11(12)19/h7-9,13H,19H2,1-6H3,(H,20,22)(H,21,23). The molecule has 6 nitrogen and oxygen atoms in total. The average molecular weight is 400 g/mol. The molecule has 7 heteroatoms. The lowest BCUT2D eigenvalue weighted by Gasteiger charge is -2.31. The van der Waals surface area contributed by atoms with Gasteiger partial charge in [-0.1, -0.05) is 36.7 Å². The van der Waals surface area contributed by atoms with Crippen LogP contribution in [-0.4, -0.2) is 23.6 Å². The highest BCUT2D eigenvalue weighted by Gasteiger charge is 2.34. The second-order valence-corrected chi connectivity index (χ2v) is 8.58. The molecule has 2 amide bonds. The topological polar surface area (TPSA) is 93.4 Å². The van der Waals surface area contributed by atoms with Crippen molar-refractivity contribution in [2.75, 3.05) is 11.1 Å². The summed E-state index contributed by atoms with van der Waals surface area (Å²) >= 11 is 3.32. The number of rotatable bonds is 3. The van der Waals surface area contributed by atoms with Crippen LogP contribution in [0, 0.1) is 5.41 Å². The molecule has 0 aliphatic heterocycles. The molecule has 0 radical (unpaired) electrons. The summed E-state index contributed by atoms with van der Waals surface area (Å²) in [5.41, 5.74) is 5.68. The van der Waals surface area contributed by atoms with Crippen LogP contribution >= 0.6 is 15.9 Å². The average Bonchev–Trinajstić information content (AvgIpc) is 2.35. The molecular formula is C17H26BrN3O3. The number of nitrogen functional groups attached to an aromatic ring is 1. The molecule has 24 heavy (non-hydrogen) atoms. The summed E-state index contributed by atoms with van der Waals surface area (Å²) in [6, 6.07) is 4.39. The highest BCUT2D eigenvalue weighted by atomic mass is 79.9. The quantitative estimate of drug-likeness (QED) is 0.671. The zero-order chi connectivity index (χ0) is 18.7. The first kappa shape index (κ1) is 20.3. The Morgan fingerprint density at radius 1 is 1.17 bits per heavy atom. The van der Waals surface area contributed by atoms with E-state index in [1.54, 1.807) is 39.0 Å². The Morgan fingerprint density at radius 3 is 2.21 bits per heavy atom. The first-order valence-electron chi connectivity index (χ1n) is 7.65. The minimum absolute atomic E-state index is 0.359. The molecular weight excluding hydrogens is 374 g/mol. The lowest BCUT2D eigenvalue weighted by Crippen LogP contribution is -2.52. The second kappa shape index (κ2) is 7.42. The van der Waals surface area contributed by atoms with Crippen LogP contribution in [0.3, 0.4) is 0 Å². The zero-order valence-electron chi connectivity index (χ0n) is 15.0. The predicted octanol–water partition coefficient (Wildman–Crippen LogP) is 3.91. The van der Waals surface area contributed by atoms with E-state index in [2.05, 4.69) is 26.6 Å². The van der Waals surface area contributed by atoms with Crippen molar-refractivity contribution in [2.24, 2.45) is 5.41 Å². The van der Waals surface area contributed by atoms with Crippen molar-refractivity contribution >= 4 is 39.3 Å². The van der Waals surface area contributed by atoms with E-state index in [9.17, 15) is 9.59 Å². The van der Waals surface area contributed by atoms with Gasteiger partial charge in [0.25, 0.3) is 0 Å². The fourth-order valence-electron chi connectivity index (χ4n) is 1.95. The van der Waals surface area contributed by atoms with E-state index in [1.807, 2.05) is 20.8 Å². The number of halogens is 1. The molecule has 134 valence electrons. The molecule has 1 unspecified atom stereocenters. The summed E-state index contributed by atoms with van der Waals surface area (Å²) in [4.78, 5) is 24.7. The maximum Gasteiger partial charge on any atom is 0.408 e. The Bertz CT molecular complexity index is 618. The van der Waals surface area contributed by atoms with Crippen molar-refractivity contribution in [3.63, 3.8) is 0 Å². The molecule has 1 aromatic rings. The van der Waals surface area contributed by atoms with E-state index in [-0.39, 0.29) is 5.91 Å². The van der Waals surface area contributed by atoms with Crippen LogP contribution in [0.15, 0.2) is 22.7 Å². The van der Waals surface area contributed by atoms with Gasteiger partial charge in [-0.2, -0.15) is 0 Å². The summed E-state index contributed by atoms with van der Waals surface area (Å²) in [7, 11) is 0. The predicted molar refractivity (Wildman–Crippen MR) is 99.8 cm³/mol. The largest absolute Gasteiger partial charge is 0.444 e. The Morgan fingerprint density at radius 2 is 1.75 bits per heavy atom. The summed E-state index contributed by atoms with van der Waals surface area (Å²) in [6.07, 6.45) is -0.638. The van der Waals surface area contributed by atoms with E-state index in [0.29, 0.717) is 11.4 Å². The maximum absolute atomic E-state index is 12.6. The first-order chi connectivity index (χ1) is 10.8. The fourth-order valence-corrected chi connectivity index (χ4v) is 2.33. The number of nitrogens with two attached hydrogens (primary N) is 1. The highest BCUT2D eigenvalue weighted by molar-refractivity contribution is 9.10.